The van der Waals surface area contributed by atoms with Crippen molar-refractivity contribution >= 4 is 5.97 Å². The maximum Gasteiger partial charge on any atom is 0.302 e. The van der Waals surface area contributed by atoms with E-state index in [0.717, 1.165) is 12.8 Å². The zero-order valence-corrected chi connectivity index (χ0v) is 13.2. The molecule has 0 bridgehead atoms. The van der Waals surface area contributed by atoms with Crippen molar-refractivity contribution in [3.8, 4) is 0 Å². The lowest BCUT2D eigenvalue weighted by Gasteiger charge is -2.04. The molecule has 0 aliphatic heterocycles. The van der Waals surface area contributed by atoms with E-state index >= 15 is 0 Å². The lowest BCUT2D eigenvalue weighted by atomic mass is 10.4. The van der Waals surface area contributed by atoms with Gasteiger partial charge in [-0.05, 0) is 6.42 Å². The number of aliphatic hydroxyl groups is 2. The van der Waals surface area contributed by atoms with Crippen LogP contribution in [0, 0.1) is 0 Å². The highest BCUT2D eigenvalue weighted by Gasteiger charge is 1.90. The van der Waals surface area contributed by atoms with Gasteiger partial charge in [-0.1, -0.05) is 13.3 Å². The molecular formula is C14H30O7. The minimum atomic E-state index is -0.182. The molecule has 7 nitrogen and oxygen atoms in total. The Morgan fingerprint density at radius 1 is 0.810 bits per heavy atom. The van der Waals surface area contributed by atoms with Crippen LogP contribution < -0.4 is 0 Å². The molecule has 0 unspecified atom stereocenters. The topological polar surface area (TPSA) is 94.5 Å². The third-order valence-corrected chi connectivity index (χ3v) is 2.02. The zero-order chi connectivity index (χ0) is 16.2. The minimum absolute atomic E-state index is 0.0413. The van der Waals surface area contributed by atoms with Gasteiger partial charge in [-0.2, -0.15) is 0 Å². The van der Waals surface area contributed by atoms with Crippen LogP contribution in [-0.4, -0.2) is 75.6 Å². The van der Waals surface area contributed by atoms with Crippen LogP contribution in [0.15, 0.2) is 0 Å². The number of carbonyl (C=O) groups excluding carboxylic acids is 1. The minimum Gasteiger partial charge on any atom is -0.466 e. The number of carbonyl (C=O) groups is 1. The number of ether oxygens (including phenoxy) is 4. The van der Waals surface area contributed by atoms with Crippen LogP contribution in [0.25, 0.3) is 0 Å². The van der Waals surface area contributed by atoms with Crippen LogP contribution in [0.4, 0.5) is 0 Å². The second-order valence-corrected chi connectivity index (χ2v) is 3.98. The van der Waals surface area contributed by atoms with Gasteiger partial charge < -0.3 is 29.2 Å². The quantitative estimate of drug-likeness (QED) is 0.375. The van der Waals surface area contributed by atoms with E-state index < -0.39 is 0 Å². The Morgan fingerprint density at radius 2 is 1.24 bits per heavy atom. The highest BCUT2D eigenvalue weighted by Crippen LogP contribution is 1.86. The number of rotatable bonds is 13. The Bertz CT molecular complexity index is 190. The van der Waals surface area contributed by atoms with E-state index in [-0.39, 0.29) is 19.2 Å². The summed E-state index contributed by atoms with van der Waals surface area (Å²) < 4.78 is 19.7. The summed E-state index contributed by atoms with van der Waals surface area (Å²) in [5.41, 5.74) is 0. The van der Waals surface area contributed by atoms with Gasteiger partial charge in [0, 0.05) is 6.92 Å². The fourth-order valence-electron chi connectivity index (χ4n) is 1.03. The highest BCUT2D eigenvalue weighted by molar-refractivity contribution is 5.65. The summed E-state index contributed by atoms with van der Waals surface area (Å²) in [5, 5.41) is 16.7. The van der Waals surface area contributed by atoms with Crippen molar-refractivity contribution in [1.82, 2.24) is 0 Å². The normalized spacial score (nSPS) is 9.90. The molecule has 0 amide bonds. The Hall–Kier alpha value is -0.730. The summed E-state index contributed by atoms with van der Waals surface area (Å²) in [6.45, 7) is 6.82. The fourth-order valence-corrected chi connectivity index (χ4v) is 1.03. The fraction of sp³-hybridized carbons (Fsp3) is 0.929. The first-order chi connectivity index (χ1) is 10.2. The average Bonchev–Trinajstić information content (AvgIpc) is 2.46. The van der Waals surface area contributed by atoms with Crippen molar-refractivity contribution in [2.75, 3.05) is 59.5 Å². The van der Waals surface area contributed by atoms with Crippen LogP contribution in [0.5, 0.6) is 0 Å². The smallest absolute Gasteiger partial charge is 0.302 e. The molecule has 0 radical (unpaired) electrons. The van der Waals surface area contributed by atoms with Gasteiger partial charge in [0.25, 0.3) is 0 Å². The molecule has 0 fully saturated rings. The molecule has 0 aromatic heterocycles. The maximum atomic E-state index is 10.1. The van der Waals surface area contributed by atoms with Gasteiger partial charge >= 0.3 is 5.97 Å². The lowest BCUT2D eigenvalue weighted by molar-refractivity contribution is -0.141. The molecule has 128 valence electrons. The van der Waals surface area contributed by atoms with Crippen molar-refractivity contribution in [2.24, 2.45) is 0 Å². The number of aliphatic hydroxyl groups excluding tert-OH is 2. The monoisotopic (exact) mass is 310 g/mol. The molecule has 0 atom stereocenters. The third kappa shape index (κ3) is 28.2. The molecule has 0 aromatic carbocycles. The highest BCUT2D eigenvalue weighted by atomic mass is 16.5. The molecule has 7 heteroatoms. The van der Waals surface area contributed by atoms with E-state index in [1.165, 1.54) is 6.92 Å². The van der Waals surface area contributed by atoms with Gasteiger partial charge in [0.15, 0.2) is 0 Å². The van der Waals surface area contributed by atoms with E-state index in [4.69, 9.17) is 24.4 Å². The molecule has 0 saturated heterocycles. The van der Waals surface area contributed by atoms with Crippen molar-refractivity contribution in [1.29, 1.82) is 0 Å². The molecule has 0 saturated carbocycles. The zero-order valence-electron chi connectivity index (χ0n) is 13.2. The first kappa shape index (κ1) is 22.5. The van der Waals surface area contributed by atoms with Gasteiger partial charge in [0.2, 0.25) is 0 Å². The lowest BCUT2D eigenvalue weighted by Crippen LogP contribution is -2.11. The molecule has 0 heterocycles. The van der Waals surface area contributed by atoms with Crippen LogP contribution in [0.2, 0.25) is 0 Å². The Labute approximate surface area is 127 Å². The second kappa shape index (κ2) is 21.6. The first-order valence-electron chi connectivity index (χ1n) is 7.27. The van der Waals surface area contributed by atoms with Gasteiger partial charge in [0.05, 0.1) is 59.5 Å². The predicted molar refractivity (Wildman–Crippen MR) is 78.2 cm³/mol. The third-order valence-electron chi connectivity index (χ3n) is 2.02. The molecular weight excluding hydrogens is 280 g/mol. The standard InChI is InChI=1S/C8H18O5.C6H12O2/c9-1-3-11-5-7-13-8-6-12-4-2-10;1-3-4-5-8-6(2)7/h9-10H,1-8H2;3-5H2,1-2H3. The molecule has 0 aliphatic carbocycles. The van der Waals surface area contributed by atoms with Gasteiger partial charge in [-0.25, -0.2) is 0 Å². The van der Waals surface area contributed by atoms with Crippen LogP contribution >= 0.6 is 0 Å². The van der Waals surface area contributed by atoms with Crippen LogP contribution in [0.3, 0.4) is 0 Å². The largest absolute Gasteiger partial charge is 0.466 e. The van der Waals surface area contributed by atoms with Gasteiger partial charge in [-0.15, -0.1) is 0 Å². The van der Waals surface area contributed by atoms with E-state index in [1.54, 1.807) is 0 Å². The molecule has 0 aromatic rings. The van der Waals surface area contributed by atoms with Crippen molar-refractivity contribution in [3.63, 3.8) is 0 Å². The SMILES string of the molecule is CCCCOC(C)=O.OCCOCCOCCOCCO. The first-order valence-corrected chi connectivity index (χ1v) is 7.27. The van der Waals surface area contributed by atoms with Crippen LogP contribution in [0.1, 0.15) is 26.7 Å². The summed E-state index contributed by atoms with van der Waals surface area (Å²) in [5.74, 6) is -0.182. The number of esters is 1. The molecule has 0 rings (SSSR count). The van der Waals surface area contributed by atoms with Crippen molar-refractivity contribution in [2.45, 2.75) is 26.7 Å². The Balaban J connectivity index is 0. The molecule has 2 N–H and O–H groups in total. The average molecular weight is 310 g/mol. The van der Waals surface area contributed by atoms with Crippen molar-refractivity contribution < 1.29 is 34.0 Å². The summed E-state index contributed by atoms with van der Waals surface area (Å²) in [6.07, 6.45) is 2.05. The van der Waals surface area contributed by atoms with E-state index in [0.29, 0.717) is 46.2 Å². The van der Waals surface area contributed by atoms with E-state index in [1.807, 2.05) is 0 Å². The summed E-state index contributed by atoms with van der Waals surface area (Å²) in [4.78, 5) is 10.1. The van der Waals surface area contributed by atoms with Crippen molar-refractivity contribution in [3.05, 3.63) is 0 Å². The molecule has 0 spiro atoms. The van der Waals surface area contributed by atoms with Gasteiger partial charge in [-0.3, -0.25) is 4.79 Å². The number of unbranched alkanes of at least 4 members (excludes halogenated alkanes) is 1. The molecule has 21 heavy (non-hydrogen) atoms. The maximum absolute atomic E-state index is 10.1. The Morgan fingerprint density at radius 3 is 1.57 bits per heavy atom. The Kier molecular flexibility index (Phi) is 23.2. The molecule has 0 aliphatic rings. The van der Waals surface area contributed by atoms with Crippen LogP contribution in [-0.2, 0) is 23.7 Å². The summed E-state index contributed by atoms with van der Waals surface area (Å²) in [7, 11) is 0. The summed E-state index contributed by atoms with van der Waals surface area (Å²) >= 11 is 0. The second-order valence-electron chi connectivity index (χ2n) is 3.98. The number of hydrogen-bond donors (Lipinski definition) is 2. The van der Waals surface area contributed by atoms with E-state index in [9.17, 15) is 4.79 Å². The van der Waals surface area contributed by atoms with E-state index in [2.05, 4.69) is 11.7 Å². The predicted octanol–water partition coefficient (Wildman–Crippen LogP) is 0.370. The number of hydrogen-bond acceptors (Lipinski definition) is 7. The van der Waals surface area contributed by atoms with Gasteiger partial charge in [0.1, 0.15) is 0 Å². The summed E-state index contributed by atoms with van der Waals surface area (Å²) in [6, 6.07) is 0.